The molecule has 1 aliphatic rings. The van der Waals surface area contributed by atoms with Crippen molar-refractivity contribution >= 4 is 17.6 Å². The Morgan fingerprint density at radius 3 is 2.07 bits per heavy atom. The molecule has 0 heterocycles. The Morgan fingerprint density at radius 2 is 1.54 bits per heavy atom. The molecule has 7 heteroatoms. The number of nitro groups is 1. The standard InChI is InChI=1S/C21H15N3O4/c1-28-19-11-13(10-18(21(19)25)24(26)27)12-22-23-20-16-8-4-2-6-14(16)15-7-3-5-9-17(15)20/h2-12,25H,1H3/p-1/b22-12-. The number of hydrogen-bond acceptors (Lipinski definition) is 6. The fourth-order valence-electron chi connectivity index (χ4n) is 3.23. The van der Waals surface area contributed by atoms with Gasteiger partial charge in [0.25, 0.3) is 5.69 Å². The average Bonchev–Trinajstić information content (AvgIpc) is 3.03. The molecule has 0 fully saturated rings. The molecule has 28 heavy (non-hydrogen) atoms. The SMILES string of the molecule is COc1cc(/C=N\N=C2c3ccccc3-c3ccccc32)cc([N+](=O)[O-])c1[O-]. The number of nitro benzene ring substituents is 1. The Bertz CT molecular complexity index is 1100. The molecule has 0 saturated heterocycles. The van der Waals surface area contributed by atoms with E-state index in [1.807, 2.05) is 48.5 Å². The third-order valence-electron chi connectivity index (χ3n) is 4.49. The second kappa shape index (κ2) is 6.96. The third kappa shape index (κ3) is 2.88. The molecule has 0 spiro atoms. The van der Waals surface area contributed by atoms with Crippen LogP contribution in [0.3, 0.4) is 0 Å². The molecule has 0 aromatic heterocycles. The molecule has 0 amide bonds. The second-order valence-electron chi connectivity index (χ2n) is 6.11. The summed E-state index contributed by atoms with van der Waals surface area (Å²) in [6, 6.07) is 18.4. The Balaban J connectivity index is 1.75. The Kier molecular flexibility index (Phi) is 4.33. The van der Waals surface area contributed by atoms with Crippen LogP contribution in [0.25, 0.3) is 11.1 Å². The number of nitrogens with zero attached hydrogens (tertiary/aromatic N) is 3. The van der Waals surface area contributed by atoms with Gasteiger partial charge in [0.2, 0.25) is 0 Å². The van der Waals surface area contributed by atoms with Gasteiger partial charge in [0.15, 0.2) is 0 Å². The van der Waals surface area contributed by atoms with E-state index in [0.717, 1.165) is 34.0 Å². The van der Waals surface area contributed by atoms with Crippen molar-refractivity contribution in [3.8, 4) is 22.6 Å². The zero-order chi connectivity index (χ0) is 19.7. The normalized spacial score (nSPS) is 12.0. The number of hydrogen-bond donors (Lipinski definition) is 0. The molecule has 7 nitrogen and oxygen atoms in total. The van der Waals surface area contributed by atoms with E-state index in [2.05, 4.69) is 10.2 Å². The maximum Gasteiger partial charge on any atom is 0.266 e. The number of fused-ring (bicyclic) bond motifs is 3. The first-order valence-electron chi connectivity index (χ1n) is 8.44. The summed E-state index contributed by atoms with van der Waals surface area (Å²) in [5, 5.41) is 31.5. The summed E-state index contributed by atoms with van der Waals surface area (Å²) in [6.45, 7) is 0. The van der Waals surface area contributed by atoms with Crippen molar-refractivity contribution in [3.05, 3.63) is 87.5 Å². The highest BCUT2D eigenvalue weighted by atomic mass is 16.6. The lowest BCUT2D eigenvalue weighted by molar-refractivity contribution is -0.398. The molecule has 0 bridgehead atoms. The topological polar surface area (TPSA) is 100 Å². The molecular weight excluding hydrogens is 358 g/mol. The highest BCUT2D eigenvalue weighted by molar-refractivity contribution is 6.24. The van der Waals surface area contributed by atoms with Gasteiger partial charge in [-0.3, -0.25) is 10.1 Å². The van der Waals surface area contributed by atoms with Crippen molar-refractivity contribution in [1.29, 1.82) is 0 Å². The minimum atomic E-state index is -0.769. The first kappa shape index (κ1) is 17.4. The molecule has 0 atom stereocenters. The van der Waals surface area contributed by atoms with E-state index in [1.54, 1.807) is 0 Å². The van der Waals surface area contributed by atoms with Gasteiger partial charge in [-0.1, -0.05) is 48.5 Å². The highest BCUT2D eigenvalue weighted by Crippen LogP contribution is 2.37. The number of methoxy groups -OCH3 is 1. The molecule has 3 aromatic rings. The second-order valence-corrected chi connectivity index (χ2v) is 6.11. The molecular formula is C21H14N3O4-. The smallest absolute Gasteiger partial charge is 0.266 e. The van der Waals surface area contributed by atoms with Gasteiger partial charge in [-0.15, -0.1) is 5.10 Å². The van der Waals surface area contributed by atoms with Crippen LogP contribution in [0, 0.1) is 10.1 Å². The summed E-state index contributed by atoms with van der Waals surface area (Å²) in [4.78, 5) is 10.3. The van der Waals surface area contributed by atoms with Crippen LogP contribution in [-0.2, 0) is 0 Å². The lowest BCUT2D eigenvalue weighted by atomic mass is 10.1. The molecule has 3 aromatic carbocycles. The summed E-state index contributed by atoms with van der Waals surface area (Å²) in [6.07, 6.45) is 1.37. The van der Waals surface area contributed by atoms with Gasteiger partial charge < -0.3 is 9.84 Å². The molecule has 0 radical (unpaired) electrons. The maximum absolute atomic E-state index is 11.9. The number of benzene rings is 3. The molecule has 0 N–H and O–H groups in total. The predicted octanol–water partition coefficient (Wildman–Crippen LogP) is 3.53. The van der Waals surface area contributed by atoms with Crippen LogP contribution in [-0.4, -0.2) is 24.0 Å². The van der Waals surface area contributed by atoms with Crippen LogP contribution >= 0.6 is 0 Å². The third-order valence-corrected chi connectivity index (χ3v) is 4.49. The van der Waals surface area contributed by atoms with E-state index in [0.29, 0.717) is 5.56 Å². The summed E-state index contributed by atoms with van der Waals surface area (Å²) >= 11 is 0. The molecule has 0 unspecified atom stereocenters. The van der Waals surface area contributed by atoms with Gasteiger partial charge in [-0.2, -0.15) is 5.10 Å². The maximum atomic E-state index is 11.9. The van der Waals surface area contributed by atoms with Gasteiger partial charge in [0.05, 0.1) is 18.2 Å². The minimum absolute atomic E-state index is 0.111. The van der Waals surface area contributed by atoms with Gasteiger partial charge in [0, 0.05) is 28.5 Å². The van der Waals surface area contributed by atoms with Crippen molar-refractivity contribution in [2.24, 2.45) is 10.2 Å². The van der Waals surface area contributed by atoms with E-state index in [1.165, 1.54) is 19.4 Å². The van der Waals surface area contributed by atoms with Crippen LogP contribution in [0.4, 0.5) is 5.69 Å². The van der Waals surface area contributed by atoms with Gasteiger partial charge >= 0.3 is 0 Å². The van der Waals surface area contributed by atoms with Crippen molar-refractivity contribution in [2.75, 3.05) is 7.11 Å². The van der Waals surface area contributed by atoms with Gasteiger partial charge in [0.1, 0.15) is 11.5 Å². The Hall–Kier alpha value is -4.00. The molecule has 0 saturated carbocycles. The molecule has 0 aliphatic heterocycles. The fraction of sp³-hybridized carbons (Fsp3) is 0.0476. The van der Waals surface area contributed by atoms with Crippen LogP contribution < -0.4 is 9.84 Å². The molecule has 1 aliphatic carbocycles. The number of ether oxygens (including phenoxy) is 1. The predicted molar refractivity (Wildman–Crippen MR) is 104 cm³/mol. The van der Waals surface area contributed by atoms with Crippen LogP contribution in [0.15, 0.2) is 70.9 Å². The van der Waals surface area contributed by atoms with Crippen LogP contribution in [0.1, 0.15) is 16.7 Å². The van der Waals surface area contributed by atoms with E-state index in [-0.39, 0.29) is 5.75 Å². The zero-order valence-electron chi connectivity index (χ0n) is 14.8. The molecule has 138 valence electrons. The van der Waals surface area contributed by atoms with Crippen molar-refractivity contribution in [1.82, 2.24) is 0 Å². The zero-order valence-corrected chi connectivity index (χ0v) is 14.8. The fourth-order valence-corrected chi connectivity index (χ4v) is 3.23. The Labute approximate surface area is 160 Å². The van der Waals surface area contributed by atoms with E-state index in [9.17, 15) is 15.2 Å². The minimum Gasteiger partial charge on any atom is -0.865 e. The van der Waals surface area contributed by atoms with E-state index in [4.69, 9.17) is 4.74 Å². The largest absolute Gasteiger partial charge is 0.865 e. The average molecular weight is 372 g/mol. The summed E-state index contributed by atoms with van der Waals surface area (Å²) < 4.78 is 4.93. The van der Waals surface area contributed by atoms with E-state index < -0.39 is 16.4 Å². The van der Waals surface area contributed by atoms with Gasteiger partial charge in [-0.05, 0) is 17.2 Å². The monoisotopic (exact) mass is 372 g/mol. The quantitative estimate of drug-likeness (QED) is 0.311. The van der Waals surface area contributed by atoms with Crippen molar-refractivity contribution in [3.63, 3.8) is 0 Å². The lowest BCUT2D eigenvalue weighted by Gasteiger charge is -2.12. The summed E-state index contributed by atoms with van der Waals surface area (Å²) in [5.74, 6) is -0.880. The lowest BCUT2D eigenvalue weighted by Crippen LogP contribution is -2.02. The van der Waals surface area contributed by atoms with Crippen LogP contribution in [0.2, 0.25) is 0 Å². The summed E-state index contributed by atoms with van der Waals surface area (Å²) in [7, 11) is 1.29. The van der Waals surface area contributed by atoms with E-state index >= 15 is 0 Å². The van der Waals surface area contributed by atoms with Crippen LogP contribution in [0.5, 0.6) is 11.5 Å². The molecule has 4 rings (SSSR count). The van der Waals surface area contributed by atoms with Crippen molar-refractivity contribution in [2.45, 2.75) is 0 Å². The Morgan fingerprint density at radius 1 is 0.964 bits per heavy atom. The number of rotatable bonds is 4. The first-order chi connectivity index (χ1) is 13.6. The first-order valence-corrected chi connectivity index (χ1v) is 8.44. The highest BCUT2D eigenvalue weighted by Gasteiger charge is 2.23. The van der Waals surface area contributed by atoms with Crippen molar-refractivity contribution < 1.29 is 14.8 Å². The summed E-state index contributed by atoms with van der Waals surface area (Å²) in [5.41, 5.74) is 4.63. The van der Waals surface area contributed by atoms with Gasteiger partial charge in [-0.25, -0.2) is 0 Å².